The van der Waals surface area contributed by atoms with Gasteiger partial charge in [-0.25, -0.2) is 0 Å². The van der Waals surface area contributed by atoms with Gasteiger partial charge in [0.1, 0.15) is 5.82 Å². The van der Waals surface area contributed by atoms with Gasteiger partial charge in [-0.05, 0) is 30.4 Å². The maximum atomic E-state index is 12.0. The molecule has 1 atom stereocenters. The Morgan fingerprint density at radius 1 is 1.33 bits per heavy atom. The van der Waals surface area contributed by atoms with E-state index in [0.29, 0.717) is 11.9 Å². The molecule has 0 amide bonds. The van der Waals surface area contributed by atoms with Crippen LogP contribution in [-0.4, -0.2) is 29.3 Å². The van der Waals surface area contributed by atoms with Crippen molar-refractivity contribution in [1.29, 1.82) is 0 Å². The van der Waals surface area contributed by atoms with E-state index in [1.165, 1.54) is 0 Å². The zero-order chi connectivity index (χ0) is 12.5. The first-order valence-electron chi connectivity index (χ1n) is 6.29. The van der Waals surface area contributed by atoms with Crippen molar-refractivity contribution in [2.24, 2.45) is 0 Å². The Kier molecular flexibility index (Phi) is 2.80. The maximum Gasteiger partial charge on any atom is 0.257 e. The number of anilines is 1. The fraction of sp³-hybridized carbons (Fsp3) is 0.357. The summed E-state index contributed by atoms with van der Waals surface area (Å²) in [5.74, 6) is 0.803. The fourth-order valence-corrected chi connectivity index (χ4v) is 2.54. The van der Waals surface area contributed by atoms with Crippen molar-refractivity contribution in [3.05, 3.63) is 40.7 Å². The molecular formula is C14H16N2O2. The number of β-amino-alcohol motifs (C(OH)–C–C–N with tert-alkyl or cyclic N) is 1. The summed E-state index contributed by atoms with van der Waals surface area (Å²) in [6.07, 6.45) is 1.50. The second-order valence-electron chi connectivity index (χ2n) is 4.81. The first-order valence-corrected chi connectivity index (χ1v) is 6.29. The number of hydrogen-bond acceptors (Lipinski definition) is 3. The van der Waals surface area contributed by atoms with Gasteiger partial charge in [-0.2, -0.15) is 0 Å². The summed E-state index contributed by atoms with van der Waals surface area (Å²) in [7, 11) is 0. The molecule has 1 aliphatic rings. The summed E-state index contributed by atoms with van der Waals surface area (Å²) in [6, 6.07) is 9.53. The zero-order valence-electron chi connectivity index (χ0n) is 10.1. The van der Waals surface area contributed by atoms with Crippen molar-refractivity contribution < 1.29 is 5.11 Å². The number of fused-ring (bicyclic) bond motifs is 1. The third kappa shape index (κ3) is 1.99. The second-order valence-corrected chi connectivity index (χ2v) is 4.81. The lowest BCUT2D eigenvalue weighted by Gasteiger charge is -2.31. The van der Waals surface area contributed by atoms with Gasteiger partial charge in [0, 0.05) is 18.5 Å². The van der Waals surface area contributed by atoms with Gasteiger partial charge >= 0.3 is 0 Å². The monoisotopic (exact) mass is 244 g/mol. The van der Waals surface area contributed by atoms with Crippen molar-refractivity contribution in [3.63, 3.8) is 0 Å². The molecule has 2 heterocycles. The lowest BCUT2D eigenvalue weighted by Crippen LogP contribution is -2.39. The topological polar surface area (TPSA) is 56.3 Å². The molecule has 3 rings (SSSR count). The molecule has 2 aromatic rings. The van der Waals surface area contributed by atoms with E-state index in [1.54, 1.807) is 0 Å². The Morgan fingerprint density at radius 2 is 2.17 bits per heavy atom. The zero-order valence-corrected chi connectivity index (χ0v) is 10.1. The molecule has 1 aliphatic heterocycles. The molecule has 0 radical (unpaired) electrons. The number of benzene rings is 1. The molecule has 1 fully saturated rings. The fourth-order valence-electron chi connectivity index (χ4n) is 2.54. The molecule has 0 spiro atoms. The lowest BCUT2D eigenvalue weighted by atomic mass is 10.1. The summed E-state index contributed by atoms with van der Waals surface area (Å²) in [5.41, 5.74) is -0.0665. The van der Waals surface area contributed by atoms with E-state index in [9.17, 15) is 9.90 Å². The minimum atomic E-state index is -0.297. The van der Waals surface area contributed by atoms with Crippen molar-refractivity contribution in [1.82, 2.24) is 4.98 Å². The molecule has 2 N–H and O–H groups in total. The van der Waals surface area contributed by atoms with Crippen LogP contribution in [0.15, 0.2) is 35.1 Å². The molecule has 0 saturated carbocycles. The number of nitrogens with one attached hydrogen (secondary N) is 1. The van der Waals surface area contributed by atoms with Crippen LogP contribution < -0.4 is 10.5 Å². The number of piperidine rings is 1. The number of hydrogen-bond donors (Lipinski definition) is 2. The largest absolute Gasteiger partial charge is 0.391 e. The summed E-state index contributed by atoms with van der Waals surface area (Å²) in [4.78, 5) is 16.9. The molecule has 1 saturated heterocycles. The first-order chi connectivity index (χ1) is 8.74. The van der Waals surface area contributed by atoms with E-state index in [2.05, 4.69) is 4.98 Å². The van der Waals surface area contributed by atoms with Crippen LogP contribution in [-0.2, 0) is 0 Å². The minimum absolute atomic E-state index is 0.0665. The average molecular weight is 244 g/mol. The Labute approximate surface area is 105 Å². The Bertz CT molecular complexity index is 620. The van der Waals surface area contributed by atoms with E-state index >= 15 is 0 Å². The van der Waals surface area contributed by atoms with Crippen LogP contribution in [0.5, 0.6) is 0 Å². The first kappa shape index (κ1) is 11.3. The van der Waals surface area contributed by atoms with E-state index in [4.69, 9.17) is 0 Å². The number of aromatic nitrogens is 1. The summed E-state index contributed by atoms with van der Waals surface area (Å²) in [6.45, 7) is 1.47. The van der Waals surface area contributed by atoms with Crippen LogP contribution in [0.3, 0.4) is 0 Å². The number of H-pyrrole nitrogens is 1. The van der Waals surface area contributed by atoms with Gasteiger partial charge in [-0.15, -0.1) is 0 Å². The maximum absolute atomic E-state index is 12.0. The molecule has 4 heteroatoms. The molecule has 0 bridgehead atoms. The van der Waals surface area contributed by atoms with E-state index in [-0.39, 0.29) is 11.7 Å². The van der Waals surface area contributed by atoms with Gasteiger partial charge in [-0.3, -0.25) is 4.79 Å². The number of aliphatic hydroxyl groups is 1. The predicted octanol–water partition coefficient (Wildman–Crippen LogP) is 1.49. The van der Waals surface area contributed by atoms with Crippen molar-refractivity contribution >= 4 is 16.6 Å². The highest BCUT2D eigenvalue weighted by Gasteiger charge is 2.18. The standard InChI is InChI=1S/C14H16N2O2/c17-11-5-3-7-16(9-11)13-8-10-4-1-2-6-12(10)14(18)15-13/h1-2,4,6,8,11,17H,3,5,7,9H2,(H,15,18). The minimum Gasteiger partial charge on any atom is -0.391 e. The second kappa shape index (κ2) is 4.46. The predicted molar refractivity (Wildman–Crippen MR) is 72.0 cm³/mol. The molecule has 1 unspecified atom stereocenters. The third-order valence-corrected chi connectivity index (χ3v) is 3.48. The number of nitrogens with zero attached hydrogens (tertiary/aromatic N) is 1. The van der Waals surface area contributed by atoms with Gasteiger partial charge in [0.25, 0.3) is 5.56 Å². The van der Waals surface area contributed by atoms with Gasteiger partial charge < -0.3 is 15.0 Å². The highest BCUT2D eigenvalue weighted by Crippen LogP contribution is 2.20. The van der Waals surface area contributed by atoms with Gasteiger partial charge in [-0.1, -0.05) is 18.2 Å². The van der Waals surface area contributed by atoms with Gasteiger partial charge in [0.15, 0.2) is 0 Å². The smallest absolute Gasteiger partial charge is 0.257 e. The molecule has 18 heavy (non-hydrogen) atoms. The highest BCUT2D eigenvalue weighted by atomic mass is 16.3. The molecule has 94 valence electrons. The third-order valence-electron chi connectivity index (χ3n) is 3.48. The van der Waals surface area contributed by atoms with E-state index in [0.717, 1.165) is 30.6 Å². The van der Waals surface area contributed by atoms with Crippen LogP contribution in [0.25, 0.3) is 10.8 Å². The van der Waals surface area contributed by atoms with Crippen LogP contribution in [0.1, 0.15) is 12.8 Å². The number of aliphatic hydroxyl groups excluding tert-OH is 1. The van der Waals surface area contributed by atoms with E-state index < -0.39 is 0 Å². The molecule has 4 nitrogen and oxygen atoms in total. The quantitative estimate of drug-likeness (QED) is 0.799. The number of rotatable bonds is 1. The van der Waals surface area contributed by atoms with Crippen LogP contribution >= 0.6 is 0 Å². The van der Waals surface area contributed by atoms with Crippen molar-refractivity contribution in [2.75, 3.05) is 18.0 Å². The number of aromatic amines is 1. The SMILES string of the molecule is O=c1[nH]c(N2CCCC(O)C2)cc2ccccc12. The molecule has 1 aromatic carbocycles. The lowest BCUT2D eigenvalue weighted by molar-refractivity contribution is 0.154. The Hall–Kier alpha value is -1.81. The molecular weight excluding hydrogens is 228 g/mol. The number of pyridine rings is 1. The summed E-state index contributed by atoms with van der Waals surface area (Å²) < 4.78 is 0. The Balaban J connectivity index is 2.04. The highest BCUT2D eigenvalue weighted by molar-refractivity contribution is 5.83. The van der Waals surface area contributed by atoms with Crippen LogP contribution in [0, 0.1) is 0 Å². The Morgan fingerprint density at radius 3 is 3.00 bits per heavy atom. The summed E-state index contributed by atoms with van der Waals surface area (Å²) in [5, 5.41) is 11.3. The van der Waals surface area contributed by atoms with E-state index in [1.807, 2.05) is 35.2 Å². The molecule has 0 aliphatic carbocycles. The molecule has 1 aromatic heterocycles. The normalized spacial score (nSPS) is 20.3. The van der Waals surface area contributed by atoms with Gasteiger partial charge in [0.2, 0.25) is 0 Å². The summed E-state index contributed by atoms with van der Waals surface area (Å²) >= 11 is 0. The van der Waals surface area contributed by atoms with Gasteiger partial charge in [0.05, 0.1) is 6.10 Å². The van der Waals surface area contributed by atoms with Crippen LogP contribution in [0.2, 0.25) is 0 Å². The van der Waals surface area contributed by atoms with Crippen molar-refractivity contribution in [2.45, 2.75) is 18.9 Å². The van der Waals surface area contributed by atoms with Crippen LogP contribution in [0.4, 0.5) is 5.82 Å². The average Bonchev–Trinajstić information content (AvgIpc) is 2.39. The van der Waals surface area contributed by atoms with Crippen molar-refractivity contribution in [3.8, 4) is 0 Å².